The Morgan fingerprint density at radius 1 is 0.587 bits per heavy atom. The number of phenols is 4. The summed E-state index contributed by atoms with van der Waals surface area (Å²) in [5, 5.41) is 59.1. The van der Waals surface area contributed by atoms with Crippen LogP contribution in [0.2, 0.25) is 0 Å². The summed E-state index contributed by atoms with van der Waals surface area (Å²) in [6.07, 6.45) is 1.07. The first-order chi connectivity index (χ1) is 22.0. The van der Waals surface area contributed by atoms with Gasteiger partial charge in [0.15, 0.2) is 0 Å². The molecule has 0 saturated heterocycles. The van der Waals surface area contributed by atoms with Gasteiger partial charge in [0.25, 0.3) is 0 Å². The molecule has 0 saturated carbocycles. The molecule has 46 heavy (non-hydrogen) atoms. The first kappa shape index (κ1) is 31.5. The van der Waals surface area contributed by atoms with E-state index in [0.717, 1.165) is 16.6 Å². The van der Waals surface area contributed by atoms with Crippen LogP contribution in [0.25, 0.3) is 21.8 Å². The second-order valence-corrected chi connectivity index (χ2v) is 10.8. The third-order valence-electron chi connectivity index (χ3n) is 7.93. The molecule has 2 heterocycles. The van der Waals surface area contributed by atoms with Crippen molar-refractivity contribution in [1.82, 2.24) is 9.13 Å². The molecule has 0 atom stereocenters. The average molecular weight is 623 g/mol. The summed E-state index contributed by atoms with van der Waals surface area (Å²) in [5.41, 5.74) is 4.86. The summed E-state index contributed by atoms with van der Waals surface area (Å²) in [5.74, 6) is -1.72. The highest BCUT2D eigenvalue weighted by atomic mass is 16.4. The van der Waals surface area contributed by atoms with E-state index in [1.54, 1.807) is 60.7 Å². The molecule has 0 unspecified atom stereocenters. The van der Waals surface area contributed by atoms with Gasteiger partial charge in [0.05, 0.1) is 22.0 Å². The molecule has 0 bridgehead atoms. The molecule has 6 rings (SSSR count). The Hall–Kier alpha value is -5.90. The van der Waals surface area contributed by atoms with Crippen molar-refractivity contribution >= 4 is 33.7 Å². The number of benzene rings is 4. The predicted molar refractivity (Wildman–Crippen MR) is 174 cm³/mol. The zero-order valence-corrected chi connectivity index (χ0v) is 25.3. The maximum Gasteiger partial charge on any atom is 0.338 e. The summed E-state index contributed by atoms with van der Waals surface area (Å²) < 4.78 is 3.81. The van der Waals surface area contributed by atoms with Crippen LogP contribution >= 0.6 is 0 Å². The second kappa shape index (κ2) is 13.0. The number of carbonyl (C=O) groups is 2. The lowest BCUT2D eigenvalue weighted by molar-refractivity contribution is 0.0686. The molecule has 0 spiro atoms. The van der Waals surface area contributed by atoms with Gasteiger partial charge in [-0.25, -0.2) is 9.59 Å². The van der Waals surface area contributed by atoms with Gasteiger partial charge < -0.3 is 39.8 Å². The van der Waals surface area contributed by atoms with Crippen molar-refractivity contribution in [2.24, 2.45) is 0 Å². The molecule has 10 heteroatoms. The molecule has 0 aliphatic heterocycles. The largest absolute Gasteiger partial charge is 0.508 e. The number of carboxylic acid groups (broad SMARTS) is 2. The topological polar surface area (TPSA) is 165 Å². The molecule has 0 fully saturated rings. The number of hydrogen-bond acceptors (Lipinski definition) is 6. The molecule has 0 amide bonds. The van der Waals surface area contributed by atoms with Gasteiger partial charge in [-0.3, -0.25) is 0 Å². The SMILES string of the molecule is CCc1c(C(=O)O)c2c(O)cccc2n1Cc1cccc(O)c1.CCc1c(C(=O)O)c2cc(O)ccc2n1Cc1cccc(O)c1. The quantitative estimate of drug-likeness (QED) is 0.109. The summed E-state index contributed by atoms with van der Waals surface area (Å²) in [6.45, 7) is 4.66. The van der Waals surface area contributed by atoms with Gasteiger partial charge in [0.2, 0.25) is 0 Å². The fourth-order valence-corrected chi connectivity index (χ4v) is 6.07. The maximum atomic E-state index is 11.7. The smallest absolute Gasteiger partial charge is 0.338 e. The molecule has 0 aliphatic carbocycles. The van der Waals surface area contributed by atoms with Crippen molar-refractivity contribution in [3.63, 3.8) is 0 Å². The van der Waals surface area contributed by atoms with Crippen molar-refractivity contribution in [1.29, 1.82) is 0 Å². The van der Waals surface area contributed by atoms with Crippen molar-refractivity contribution in [2.45, 2.75) is 39.8 Å². The van der Waals surface area contributed by atoms with Crippen LogP contribution in [-0.2, 0) is 25.9 Å². The standard InChI is InChI=1S/2C18H17NO4/c1-2-13-17(18(22)23)16-14(7-4-8-15(16)21)19(13)10-11-5-3-6-12(20)9-11;1-2-15-17(18(22)23)14-9-13(21)6-7-16(14)19(15)10-11-4-3-5-12(20)8-11/h2*3-9,20-21H,2,10H2,1H3,(H,22,23). The number of rotatable bonds is 8. The third kappa shape index (κ3) is 6.05. The molecular formula is C36H34N2O8. The van der Waals surface area contributed by atoms with E-state index in [4.69, 9.17) is 0 Å². The Kier molecular flexibility index (Phi) is 8.90. The summed E-state index contributed by atoms with van der Waals surface area (Å²) in [4.78, 5) is 23.4. The van der Waals surface area contributed by atoms with Crippen LogP contribution in [0.1, 0.15) is 57.1 Å². The van der Waals surface area contributed by atoms with Crippen LogP contribution in [-0.4, -0.2) is 51.7 Å². The Labute approximate surface area is 264 Å². The molecule has 6 aromatic rings. The first-order valence-electron chi connectivity index (χ1n) is 14.7. The predicted octanol–water partition coefficient (Wildman–Crippen LogP) is 6.72. The summed E-state index contributed by atoms with van der Waals surface area (Å²) in [6, 6.07) is 23.5. The van der Waals surface area contributed by atoms with Crippen molar-refractivity contribution < 1.29 is 40.2 Å². The van der Waals surface area contributed by atoms with Crippen LogP contribution in [0.3, 0.4) is 0 Å². The Balaban J connectivity index is 0.000000181. The summed E-state index contributed by atoms with van der Waals surface area (Å²) in [7, 11) is 0. The lowest BCUT2D eigenvalue weighted by atomic mass is 10.1. The van der Waals surface area contributed by atoms with E-state index in [0.29, 0.717) is 53.6 Å². The van der Waals surface area contributed by atoms with E-state index >= 15 is 0 Å². The lowest BCUT2D eigenvalue weighted by Gasteiger charge is -2.10. The number of aromatic carboxylic acids is 2. The molecule has 0 radical (unpaired) electrons. The normalized spacial score (nSPS) is 11.0. The van der Waals surface area contributed by atoms with Crippen LogP contribution < -0.4 is 0 Å². The molecule has 4 aromatic carbocycles. The molecule has 6 N–H and O–H groups in total. The lowest BCUT2D eigenvalue weighted by Crippen LogP contribution is -2.07. The fraction of sp³-hybridized carbons (Fsp3) is 0.167. The molecule has 2 aromatic heterocycles. The van der Waals surface area contributed by atoms with Crippen molar-refractivity contribution in [2.75, 3.05) is 0 Å². The van der Waals surface area contributed by atoms with Crippen molar-refractivity contribution in [3.05, 3.63) is 119 Å². The number of aromatic hydroxyl groups is 4. The maximum absolute atomic E-state index is 11.7. The number of aromatic nitrogens is 2. The number of fused-ring (bicyclic) bond motifs is 2. The van der Waals surface area contributed by atoms with Gasteiger partial charge in [0, 0.05) is 35.4 Å². The fourth-order valence-electron chi connectivity index (χ4n) is 6.07. The Bertz CT molecular complexity index is 2090. The van der Waals surface area contributed by atoms with Gasteiger partial charge in [-0.15, -0.1) is 0 Å². The number of carboxylic acids is 2. The third-order valence-corrected chi connectivity index (χ3v) is 7.93. The highest BCUT2D eigenvalue weighted by Gasteiger charge is 2.24. The van der Waals surface area contributed by atoms with Gasteiger partial charge in [-0.1, -0.05) is 44.2 Å². The Morgan fingerprint density at radius 3 is 1.61 bits per heavy atom. The van der Waals surface area contributed by atoms with Crippen LogP contribution in [0.15, 0.2) is 84.9 Å². The van der Waals surface area contributed by atoms with Gasteiger partial charge >= 0.3 is 11.9 Å². The highest BCUT2D eigenvalue weighted by molar-refractivity contribution is 6.08. The van der Waals surface area contributed by atoms with E-state index in [1.807, 2.05) is 35.1 Å². The van der Waals surface area contributed by atoms with E-state index < -0.39 is 11.9 Å². The molecule has 236 valence electrons. The molecule has 0 aliphatic rings. The van der Waals surface area contributed by atoms with E-state index in [2.05, 4.69) is 0 Å². The number of phenolic OH excluding ortho intramolecular Hbond substituents is 4. The minimum absolute atomic E-state index is 0.0377. The van der Waals surface area contributed by atoms with Crippen molar-refractivity contribution in [3.8, 4) is 23.0 Å². The minimum atomic E-state index is -1.05. The zero-order valence-electron chi connectivity index (χ0n) is 25.3. The monoisotopic (exact) mass is 622 g/mol. The molecular weight excluding hydrogens is 588 g/mol. The van der Waals surface area contributed by atoms with Gasteiger partial charge in [0.1, 0.15) is 23.0 Å². The van der Waals surface area contributed by atoms with Crippen LogP contribution in [0, 0.1) is 0 Å². The molecule has 10 nitrogen and oxygen atoms in total. The second-order valence-electron chi connectivity index (χ2n) is 10.8. The number of hydrogen-bond donors (Lipinski definition) is 6. The zero-order chi connectivity index (χ0) is 33.1. The van der Waals surface area contributed by atoms with E-state index in [1.165, 1.54) is 12.1 Å². The van der Waals surface area contributed by atoms with E-state index in [9.17, 15) is 40.2 Å². The highest BCUT2D eigenvalue weighted by Crippen LogP contribution is 2.34. The minimum Gasteiger partial charge on any atom is -0.508 e. The number of nitrogens with zero attached hydrogens (tertiary/aromatic N) is 2. The first-order valence-corrected chi connectivity index (χ1v) is 14.7. The average Bonchev–Trinajstić information content (AvgIpc) is 3.50. The van der Waals surface area contributed by atoms with Crippen LogP contribution in [0.5, 0.6) is 23.0 Å². The van der Waals surface area contributed by atoms with Crippen LogP contribution in [0.4, 0.5) is 0 Å². The summed E-state index contributed by atoms with van der Waals surface area (Å²) >= 11 is 0. The Morgan fingerprint density at radius 2 is 1.09 bits per heavy atom. The van der Waals surface area contributed by atoms with Gasteiger partial charge in [-0.2, -0.15) is 0 Å². The van der Waals surface area contributed by atoms with E-state index in [-0.39, 0.29) is 34.1 Å². The van der Waals surface area contributed by atoms with Gasteiger partial charge in [-0.05, 0) is 78.6 Å².